The quantitative estimate of drug-likeness (QED) is 0.700. The van der Waals surface area contributed by atoms with Crippen molar-refractivity contribution in [3.63, 3.8) is 0 Å². The Morgan fingerprint density at radius 1 is 1.19 bits per heavy atom. The van der Waals surface area contributed by atoms with Crippen LogP contribution in [-0.2, 0) is 6.54 Å². The van der Waals surface area contributed by atoms with E-state index in [1.807, 2.05) is 23.9 Å². The minimum Gasteiger partial charge on any atom is -0.506 e. The largest absolute Gasteiger partial charge is 0.506 e. The highest BCUT2D eigenvalue weighted by molar-refractivity contribution is 9.11. The van der Waals surface area contributed by atoms with Crippen LogP contribution in [0.5, 0.6) is 5.75 Å². The van der Waals surface area contributed by atoms with Crippen molar-refractivity contribution < 1.29 is 5.11 Å². The fraction of sp³-hybridized carbons (Fsp3) is 0.250. The van der Waals surface area contributed by atoms with Crippen LogP contribution >= 0.6 is 43.6 Å². The van der Waals surface area contributed by atoms with Gasteiger partial charge in [0.05, 0.1) is 8.95 Å². The number of aromatic hydroxyl groups is 1. The Bertz CT molecular complexity index is 639. The second-order valence-electron chi connectivity index (χ2n) is 5.02. The summed E-state index contributed by atoms with van der Waals surface area (Å²) in [4.78, 5) is 1.38. The van der Waals surface area contributed by atoms with Gasteiger partial charge in [0.15, 0.2) is 0 Å². The molecule has 1 unspecified atom stereocenters. The predicted molar refractivity (Wildman–Crippen MR) is 94.9 cm³/mol. The molecule has 0 saturated heterocycles. The lowest BCUT2D eigenvalue weighted by molar-refractivity contribution is 0.467. The first-order chi connectivity index (χ1) is 10.1. The molecule has 0 fully saturated rings. The molecule has 110 valence electrons. The second-order valence-corrected chi connectivity index (χ2v) is 7.86. The third-order valence-corrected chi connectivity index (χ3v) is 5.92. The average molecular weight is 429 g/mol. The van der Waals surface area contributed by atoms with Crippen molar-refractivity contribution in [1.82, 2.24) is 5.32 Å². The molecule has 2 N–H and O–H groups in total. The SMILES string of the molecule is Oc1c(Br)cc(CNC2CCSc3ccccc32)cc1Br. The molecular weight excluding hydrogens is 414 g/mol. The standard InChI is InChI=1S/C16H15Br2NOS/c17-12-7-10(8-13(18)16(12)20)9-19-14-5-6-21-15-4-2-1-3-11(14)15/h1-4,7-8,14,19-20H,5-6,9H2. The average Bonchev–Trinajstić information content (AvgIpc) is 2.50. The minimum atomic E-state index is 0.248. The van der Waals surface area contributed by atoms with Gasteiger partial charge in [0.1, 0.15) is 5.75 Å². The van der Waals surface area contributed by atoms with Crippen LogP contribution in [0.1, 0.15) is 23.6 Å². The summed E-state index contributed by atoms with van der Waals surface area (Å²) in [5.74, 6) is 1.40. The monoisotopic (exact) mass is 427 g/mol. The van der Waals surface area contributed by atoms with Crippen molar-refractivity contribution in [3.8, 4) is 5.75 Å². The number of nitrogens with one attached hydrogen (secondary N) is 1. The van der Waals surface area contributed by atoms with Crippen LogP contribution in [0.25, 0.3) is 0 Å². The van der Waals surface area contributed by atoms with E-state index in [1.54, 1.807) is 0 Å². The lowest BCUT2D eigenvalue weighted by Crippen LogP contribution is -2.24. The van der Waals surface area contributed by atoms with Gasteiger partial charge in [-0.25, -0.2) is 0 Å². The second kappa shape index (κ2) is 6.73. The zero-order valence-electron chi connectivity index (χ0n) is 11.3. The van der Waals surface area contributed by atoms with E-state index in [-0.39, 0.29) is 5.75 Å². The van der Waals surface area contributed by atoms with Crippen LogP contribution in [0.2, 0.25) is 0 Å². The van der Waals surface area contributed by atoms with E-state index < -0.39 is 0 Å². The zero-order chi connectivity index (χ0) is 14.8. The molecule has 1 heterocycles. The summed E-state index contributed by atoms with van der Waals surface area (Å²) in [6.07, 6.45) is 1.14. The molecule has 2 aromatic carbocycles. The maximum atomic E-state index is 9.76. The van der Waals surface area contributed by atoms with Crippen LogP contribution in [-0.4, -0.2) is 10.9 Å². The van der Waals surface area contributed by atoms with Gasteiger partial charge in [-0.3, -0.25) is 0 Å². The van der Waals surface area contributed by atoms with E-state index in [9.17, 15) is 5.11 Å². The number of fused-ring (bicyclic) bond motifs is 1. The van der Waals surface area contributed by atoms with Crippen LogP contribution in [0.4, 0.5) is 0 Å². The number of thioether (sulfide) groups is 1. The van der Waals surface area contributed by atoms with Gasteiger partial charge in [-0.05, 0) is 73.4 Å². The maximum absolute atomic E-state index is 9.76. The predicted octanol–water partition coefficient (Wildman–Crippen LogP) is 5.24. The Morgan fingerprint density at radius 2 is 1.90 bits per heavy atom. The van der Waals surface area contributed by atoms with Crippen LogP contribution in [0.3, 0.4) is 0 Å². The number of hydrogen-bond acceptors (Lipinski definition) is 3. The maximum Gasteiger partial charge on any atom is 0.143 e. The van der Waals surface area contributed by atoms with Crippen molar-refractivity contribution in [3.05, 3.63) is 56.5 Å². The van der Waals surface area contributed by atoms with E-state index in [0.29, 0.717) is 15.0 Å². The van der Waals surface area contributed by atoms with Crippen LogP contribution in [0, 0.1) is 0 Å². The Hall–Kier alpha value is -0.490. The molecular formula is C16H15Br2NOS. The summed E-state index contributed by atoms with van der Waals surface area (Å²) in [5, 5.41) is 13.4. The highest BCUT2D eigenvalue weighted by atomic mass is 79.9. The number of halogens is 2. The van der Waals surface area contributed by atoms with Gasteiger partial charge in [0.2, 0.25) is 0 Å². The number of phenols is 1. The fourth-order valence-electron chi connectivity index (χ4n) is 2.52. The molecule has 2 aromatic rings. The van der Waals surface area contributed by atoms with Gasteiger partial charge >= 0.3 is 0 Å². The molecule has 1 aliphatic heterocycles. The van der Waals surface area contributed by atoms with E-state index >= 15 is 0 Å². The van der Waals surface area contributed by atoms with Crippen molar-refractivity contribution in [2.75, 3.05) is 5.75 Å². The topological polar surface area (TPSA) is 32.3 Å². The smallest absolute Gasteiger partial charge is 0.143 e. The Balaban J connectivity index is 1.74. The highest BCUT2D eigenvalue weighted by Gasteiger charge is 2.19. The van der Waals surface area contributed by atoms with Gasteiger partial charge in [0, 0.05) is 17.5 Å². The number of rotatable bonds is 3. The first kappa shape index (κ1) is 15.4. The molecule has 0 saturated carbocycles. The number of phenolic OH excluding ortho intramolecular Hbond substituents is 1. The molecule has 5 heteroatoms. The first-order valence-corrected chi connectivity index (χ1v) is 9.34. The minimum absolute atomic E-state index is 0.248. The molecule has 0 bridgehead atoms. The first-order valence-electron chi connectivity index (χ1n) is 6.77. The van der Waals surface area contributed by atoms with Crippen LogP contribution in [0.15, 0.2) is 50.2 Å². The molecule has 3 rings (SSSR count). The normalized spacial score (nSPS) is 17.5. The van der Waals surface area contributed by atoms with Gasteiger partial charge in [-0.1, -0.05) is 18.2 Å². The van der Waals surface area contributed by atoms with E-state index in [2.05, 4.69) is 61.4 Å². The third kappa shape index (κ3) is 3.47. The van der Waals surface area contributed by atoms with Gasteiger partial charge in [0.25, 0.3) is 0 Å². The molecule has 0 aromatic heterocycles. The zero-order valence-corrected chi connectivity index (χ0v) is 15.3. The summed E-state index contributed by atoms with van der Waals surface area (Å²) in [6, 6.07) is 12.9. The van der Waals surface area contributed by atoms with E-state index in [0.717, 1.165) is 24.3 Å². The van der Waals surface area contributed by atoms with Gasteiger partial charge in [-0.2, -0.15) is 0 Å². The van der Waals surface area contributed by atoms with Crippen molar-refractivity contribution in [1.29, 1.82) is 0 Å². The molecule has 0 spiro atoms. The number of benzene rings is 2. The van der Waals surface area contributed by atoms with Crippen molar-refractivity contribution in [2.45, 2.75) is 23.9 Å². The Labute approximate surface area is 145 Å². The lowest BCUT2D eigenvalue weighted by Gasteiger charge is -2.26. The Kier molecular flexibility index (Phi) is 4.94. The molecule has 1 atom stereocenters. The number of hydrogen-bond donors (Lipinski definition) is 2. The summed E-state index contributed by atoms with van der Waals surface area (Å²) < 4.78 is 1.43. The third-order valence-electron chi connectivity index (χ3n) is 3.59. The molecule has 0 amide bonds. The summed E-state index contributed by atoms with van der Waals surface area (Å²) >= 11 is 8.69. The van der Waals surface area contributed by atoms with Gasteiger partial charge < -0.3 is 10.4 Å². The lowest BCUT2D eigenvalue weighted by atomic mass is 10.0. The highest BCUT2D eigenvalue weighted by Crippen LogP contribution is 2.37. The molecule has 21 heavy (non-hydrogen) atoms. The van der Waals surface area contributed by atoms with E-state index in [1.165, 1.54) is 10.5 Å². The summed E-state index contributed by atoms with van der Waals surface area (Å²) in [6.45, 7) is 0.779. The molecule has 0 radical (unpaired) electrons. The van der Waals surface area contributed by atoms with Crippen LogP contribution < -0.4 is 5.32 Å². The summed E-state index contributed by atoms with van der Waals surface area (Å²) in [7, 11) is 0. The fourth-order valence-corrected chi connectivity index (χ4v) is 4.92. The molecule has 1 aliphatic rings. The molecule has 2 nitrogen and oxygen atoms in total. The molecule has 0 aliphatic carbocycles. The van der Waals surface area contributed by atoms with Gasteiger partial charge in [-0.15, -0.1) is 11.8 Å². The van der Waals surface area contributed by atoms with Crippen molar-refractivity contribution >= 4 is 43.6 Å². The van der Waals surface area contributed by atoms with Crippen molar-refractivity contribution in [2.24, 2.45) is 0 Å². The van der Waals surface area contributed by atoms with E-state index in [4.69, 9.17) is 0 Å². The Morgan fingerprint density at radius 3 is 2.67 bits per heavy atom. The summed E-state index contributed by atoms with van der Waals surface area (Å²) in [5.41, 5.74) is 2.54.